The van der Waals surface area contributed by atoms with Crippen LogP contribution >= 0.6 is 0 Å². The number of alkyl halides is 3. The second-order valence-corrected chi connectivity index (χ2v) is 7.57. The maximum Gasteiger partial charge on any atom is 0.419 e. The van der Waals surface area contributed by atoms with Gasteiger partial charge < -0.3 is 10.2 Å². The minimum absolute atomic E-state index is 0.0307. The lowest BCUT2D eigenvalue weighted by molar-refractivity contribution is -0.140. The average molecular weight is 383 g/mol. The molecule has 25 heavy (non-hydrogen) atoms. The fourth-order valence-corrected chi connectivity index (χ4v) is 3.24. The summed E-state index contributed by atoms with van der Waals surface area (Å²) < 4.78 is 75.2. The van der Waals surface area contributed by atoms with Gasteiger partial charge in [-0.15, -0.1) is 0 Å². The van der Waals surface area contributed by atoms with E-state index < -0.39 is 27.6 Å². The Morgan fingerprint density at radius 2 is 1.80 bits per heavy atom. The Morgan fingerprint density at radius 1 is 1.20 bits per heavy atom. The Balaban J connectivity index is 1.93. The summed E-state index contributed by atoms with van der Waals surface area (Å²) in [5.41, 5.74) is -1.44. The third-order valence-corrected chi connectivity index (χ3v) is 5.08. The summed E-state index contributed by atoms with van der Waals surface area (Å²) in [5, 5.41) is 2.53. The van der Waals surface area contributed by atoms with Gasteiger partial charge in [0, 0.05) is 31.9 Å². The van der Waals surface area contributed by atoms with Crippen molar-refractivity contribution in [1.29, 1.82) is 0 Å². The van der Waals surface area contributed by atoms with Crippen molar-refractivity contribution in [2.75, 3.05) is 44.3 Å². The molecule has 6 nitrogen and oxygen atoms in total. The molecule has 0 aliphatic carbocycles. The Kier molecular flexibility index (Phi) is 5.57. The van der Waals surface area contributed by atoms with E-state index in [1.165, 1.54) is 9.21 Å². The number of amides is 1. The summed E-state index contributed by atoms with van der Waals surface area (Å²) in [6.45, 7) is 0.454. The first-order valence-corrected chi connectivity index (χ1v) is 9.17. The Bertz CT molecular complexity index is 744. The van der Waals surface area contributed by atoms with Gasteiger partial charge in [0.25, 0.3) is 0 Å². The van der Waals surface area contributed by atoms with Crippen molar-refractivity contribution in [2.45, 2.75) is 6.18 Å². The van der Waals surface area contributed by atoms with Crippen molar-refractivity contribution in [1.82, 2.24) is 9.21 Å². The zero-order valence-corrected chi connectivity index (χ0v) is 14.1. The molecule has 0 aromatic heterocycles. The monoisotopic (exact) mass is 383 g/mol. The minimum Gasteiger partial charge on any atom is -0.376 e. The molecular weight excluding hydrogens is 366 g/mol. The molecule has 1 aromatic carbocycles. The van der Waals surface area contributed by atoms with E-state index in [1.807, 2.05) is 0 Å². The zero-order valence-electron chi connectivity index (χ0n) is 13.3. The molecule has 11 heteroatoms. The minimum atomic E-state index is -4.83. The van der Waals surface area contributed by atoms with Crippen LogP contribution in [-0.4, -0.2) is 62.5 Å². The van der Waals surface area contributed by atoms with Gasteiger partial charge in [-0.1, -0.05) is 0 Å². The number of halogens is 4. The molecule has 0 bridgehead atoms. The molecule has 1 heterocycles. The summed E-state index contributed by atoms with van der Waals surface area (Å²) in [5.74, 6) is -1.77. The molecule has 1 N–H and O–H groups in total. The van der Waals surface area contributed by atoms with E-state index in [1.54, 1.807) is 0 Å². The van der Waals surface area contributed by atoms with Crippen molar-refractivity contribution in [3.63, 3.8) is 0 Å². The van der Waals surface area contributed by atoms with Gasteiger partial charge >= 0.3 is 6.18 Å². The van der Waals surface area contributed by atoms with Crippen molar-refractivity contribution >= 4 is 21.6 Å². The van der Waals surface area contributed by atoms with E-state index in [2.05, 4.69) is 5.32 Å². The summed E-state index contributed by atoms with van der Waals surface area (Å²) in [6, 6.07) is 2.39. The molecule has 1 aliphatic heterocycles. The second kappa shape index (κ2) is 7.16. The van der Waals surface area contributed by atoms with E-state index in [9.17, 15) is 30.8 Å². The van der Waals surface area contributed by atoms with Crippen LogP contribution in [0.5, 0.6) is 0 Å². The van der Waals surface area contributed by atoms with Crippen molar-refractivity contribution in [3.05, 3.63) is 29.6 Å². The number of anilines is 1. The van der Waals surface area contributed by atoms with Crippen LogP contribution in [-0.2, 0) is 21.0 Å². The standard InChI is InChI=1S/C14H17F4N3O3S/c1-25(23,24)21-6-4-20(5-7-21)13(22)9-19-10-2-3-12(15)11(8-10)14(16,17)18/h2-3,8,19H,4-7,9H2,1H3. The van der Waals surface area contributed by atoms with Crippen LogP contribution in [0.15, 0.2) is 18.2 Å². The van der Waals surface area contributed by atoms with Gasteiger partial charge in [-0.05, 0) is 18.2 Å². The predicted octanol–water partition coefficient (Wildman–Crippen LogP) is 1.36. The molecule has 0 spiro atoms. The topological polar surface area (TPSA) is 69.7 Å². The Labute approximate surface area is 142 Å². The van der Waals surface area contributed by atoms with Gasteiger partial charge in [0.05, 0.1) is 18.4 Å². The average Bonchev–Trinajstić information content (AvgIpc) is 2.52. The quantitative estimate of drug-likeness (QED) is 0.798. The molecule has 0 atom stereocenters. The smallest absolute Gasteiger partial charge is 0.376 e. The van der Waals surface area contributed by atoms with Gasteiger partial charge in [0.1, 0.15) is 5.82 Å². The van der Waals surface area contributed by atoms with Crippen LogP contribution in [0.3, 0.4) is 0 Å². The number of carbonyl (C=O) groups excluding carboxylic acids is 1. The predicted molar refractivity (Wildman–Crippen MR) is 82.9 cm³/mol. The second-order valence-electron chi connectivity index (χ2n) is 5.59. The van der Waals surface area contributed by atoms with Crippen molar-refractivity contribution < 1.29 is 30.8 Å². The lowest BCUT2D eigenvalue weighted by Crippen LogP contribution is -2.51. The van der Waals surface area contributed by atoms with E-state index in [0.717, 1.165) is 12.3 Å². The largest absolute Gasteiger partial charge is 0.419 e. The molecule has 140 valence electrons. The third kappa shape index (κ3) is 5.05. The van der Waals surface area contributed by atoms with Gasteiger partial charge in [-0.25, -0.2) is 12.8 Å². The van der Waals surface area contributed by atoms with Crippen molar-refractivity contribution in [2.24, 2.45) is 0 Å². The highest BCUT2D eigenvalue weighted by atomic mass is 32.2. The van der Waals surface area contributed by atoms with E-state index in [0.29, 0.717) is 12.1 Å². The van der Waals surface area contributed by atoms with E-state index in [-0.39, 0.29) is 44.3 Å². The number of carbonyl (C=O) groups is 1. The summed E-state index contributed by atoms with van der Waals surface area (Å²) in [6.07, 6.45) is -3.74. The summed E-state index contributed by atoms with van der Waals surface area (Å²) >= 11 is 0. The maximum atomic E-state index is 13.2. The van der Waals surface area contributed by atoms with Crippen LogP contribution in [0.25, 0.3) is 0 Å². The first-order valence-electron chi connectivity index (χ1n) is 7.32. The molecule has 0 unspecified atom stereocenters. The number of rotatable bonds is 4. The lowest BCUT2D eigenvalue weighted by Gasteiger charge is -2.33. The molecule has 0 saturated carbocycles. The normalized spacial score (nSPS) is 16.8. The van der Waals surface area contributed by atoms with Gasteiger partial charge in [0.15, 0.2) is 0 Å². The van der Waals surface area contributed by atoms with Gasteiger partial charge in [-0.3, -0.25) is 4.79 Å². The van der Waals surface area contributed by atoms with Crippen LogP contribution in [0.1, 0.15) is 5.56 Å². The number of piperazine rings is 1. The lowest BCUT2D eigenvalue weighted by atomic mass is 10.2. The molecule has 0 radical (unpaired) electrons. The molecule has 1 fully saturated rings. The SMILES string of the molecule is CS(=O)(=O)N1CCN(C(=O)CNc2ccc(F)c(C(F)(F)F)c2)CC1. The Hall–Kier alpha value is -1.88. The molecular formula is C14H17F4N3O3S. The maximum absolute atomic E-state index is 13.2. The molecule has 2 rings (SSSR count). The Morgan fingerprint density at radius 3 is 2.32 bits per heavy atom. The van der Waals surface area contributed by atoms with Crippen LogP contribution in [0, 0.1) is 5.82 Å². The molecule has 1 amide bonds. The highest BCUT2D eigenvalue weighted by Crippen LogP contribution is 2.32. The van der Waals surface area contributed by atoms with Crippen LogP contribution in [0.4, 0.5) is 23.2 Å². The number of hydrogen-bond acceptors (Lipinski definition) is 4. The zero-order chi connectivity index (χ0) is 18.8. The highest BCUT2D eigenvalue weighted by molar-refractivity contribution is 7.88. The number of nitrogens with zero attached hydrogens (tertiary/aromatic N) is 2. The number of nitrogens with one attached hydrogen (secondary N) is 1. The summed E-state index contributed by atoms with van der Waals surface area (Å²) in [4.78, 5) is 13.5. The fourth-order valence-electron chi connectivity index (χ4n) is 2.41. The number of benzene rings is 1. The summed E-state index contributed by atoms with van der Waals surface area (Å²) in [7, 11) is -3.32. The van der Waals surface area contributed by atoms with Crippen molar-refractivity contribution in [3.8, 4) is 0 Å². The fraction of sp³-hybridized carbons (Fsp3) is 0.500. The van der Waals surface area contributed by atoms with Crippen LogP contribution in [0.2, 0.25) is 0 Å². The highest BCUT2D eigenvalue weighted by Gasteiger charge is 2.34. The van der Waals surface area contributed by atoms with E-state index >= 15 is 0 Å². The number of sulfonamides is 1. The first kappa shape index (κ1) is 19.4. The number of hydrogen-bond donors (Lipinski definition) is 1. The van der Waals surface area contributed by atoms with Crippen LogP contribution < -0.4 is 5.32 Å². The molecule has 1 saturated heterocycles. The van der Waals surface area contributed by atoms with Gasteiger partial charge in [0.2, 0.25) is 15.9 Å². The van der Waals surface area contributed by atoms with Gasteiger partial charge in [-0.2, -0.15) is 17.5 Å². The molecule has 1 aliphatic rings. The van der Waals surface area contributed by atoms with E-state index in [4.69, 9.17) is 0 Å². The first-order chi connectivity index (χ1) is 11.5. The third-order valence-electron chi connectivity index (χ3n) is 3.78. The molecule has 1 aromatic rings.